The van der Waals surface area contributed by atoms with E-state index in [-0.39, 0.29) is 12.1 Å². The largest absolute Gasteiger partial charge is 0.478 e. The number of carboxylic acid groups (broad SMARTS) is 1. The first-order chi connectivity index (χ1) is 6.79. The van der Waals surface area contributed by atoms with Gasteiger partial charge in [-0.3, -0.25) is 4.99 Å². The van der Waals surface area contributed by atoms with Gasteiger partial charge in [-0.05, 0) is 0 Å². The van der Waals surface area contributed by atoms with E-state index in [2.05, 4.69) is 15.3 Å². The second-order valence-corrected chi connectivity index (χ2v) is 3.50. The number of nitrogens with one attached hydrogen (secondary N) is 1. The van der Waals surface area contributed by atoms with Gasteiger partial charge in [0.15, 0.2) is 0 Å². The maximum absolute atomic E-state index is 10.9. The lowest BCUT2D eigenvalue weighted by atomic mass is 10.2. The molecular weight excluding hydrogens is 202 g/mol. The molecule has 5 nitrogen and oxygen atoms in total. The smallest absolute Gasteiger partial charge is 0.335 e. The molecule has 0 unspecified atom stereocenters. The zero-order valence-electron chi connectivity index (χ0n) is 7.10. The van der Waals surface area contributed by atoms with Crippen LogP contribution in [0.1, 0.15) is 5.01 Å². The van der Waals surface area contributed by atoms with Gasteiger partial charge in [0.1, 0.15) is 5.01 Å². The van der Waals surface area contributed by atoms with Crippen LogP contribution in [0.4, 0.5) is 0 Å². The molecule has 1 aromatic heterocycles. The number of nitrogens with zero attached hydrogens (tertiary/aromatic N) is 2. The minimum Gasteiger partial charge on any atom is -0.478 e. The number of carboxylic acids is 1. The highest BCUT2D eigenvalue weighted by atomic mass is 32.1. The normalized spacial score (nSPS) is 15.4. The van der Waals surface area contributed by atoms with E-state index in [1.54, 1.807) is 11.6 Å². The summed E-state index contributed by atoms with van der Waals surface area (Å²) in [5.74, 6) is -0.959. The molecular formula is C8H7N3O2S. The van der Waals surface area contributed by atoms with Crippen LogP contribution in [-0.2, 0) is 4.79 Å². The predicted octanol–water partition coefficient (Wildman–Crippen LogP) is 0.570. The second kappa shape index (κ2) is 3.59. The first-order valence-corrected chi connectivity index (χ1v) is 4.78. The van der Waals surface area contributed by atoms with Crippen LogP contribution in [0.5, 0.6) is 0 Å². The molecule has 0 radical (unpaired) electrons. The average molecular weight is 209 g/mol. The zero-order chi connectivity index (χ0) is 9.97. The van der Waals surface area contributed by atoms with Crippen molar-refractivity contribution in [2.24, 2.45) is 4.99 Å². The monoisotopic (exact) mass is 209 g/mol. The number of aliphatic imine (C=N–C) groups is 1. The summed E-state index contributed by atoms with van der Waals surface area (Å²) in [6.07, 6.45) is 3.13. The number of aliphatic carboxylic acids is 1. The Morgan fingerprint density at radius 2 is 2.50 bits per heavy atom. The summed E-state index contributed by atoms with van der Waals surface area (Å²) in [5.41, 5.74) is 0.796. The summed E-state index contributed by atoms with van der Waals surface area (Å²) < 4.78 is 0. The zero-order valence-corrected chi connectivity index (χ0v) is 7.91. The molecule has 0 atom stereocenters. The van der Waals surface area contributed by atoms with E-state index in [9.17, 15) is 4.79 Å². The minimum atomic E-state index is -0.959. The van der Waals surface area contributed by atoms with Crippen LogP contribution in [0.2, 0.25) is 0 Å². The quantitative estimate of drug-likeness (QED) is 0.746. The molecule has 1 aromatic rings. The number of carbonyl (C=O) groups is 1. The molecule has 0 spiro atoms. The molecule has 1 aliphatic rings. The van der Waals surface area contributed by atoms with E-state index < -0.39 is 5.97 Å². The van der Waals surface area contributed by atoms with Crippen LogP contribution in [0, 0.1) is 0 Å². The van der Waals surface area contributed by atoms with E-state index in [4.69, 9.17) is 5.11 Å². The van der Waals surface area contributed by atoms with Crippen molar-refractivity contribution in [2.45, 2.75) is 0 Å². The first-order valence-electron chi connectivity index (χ1n) is 3.90. The third kappa shape index (κ3) is 1.51. The molecule has 0 bridgehead atoms. The molecule has 14 heavy (non-hydrogen) atoms. The lowest BCUT2D eigenvalue weighted by Gasteiger charge is -2.12. The number of hydrogen-bond donors (Lipinski definition) is 2. The average Bonchev–Trinajstić information content (AvgIpc) is 2.70. The lowest BCUT2D eigenvalue weighted by molar-refractivity contribution is -0.132. The summed E-state index contributed by atoms with van der Waals surface area (Å²) in [6, 6.07) is 0. The van der Waals surface area contributed by atoms with Crippen molar-refractivity contribution in [1.29, 1.82) is 0 Å². The SMILES string of the molecule is O=C(O)C1=C(c2nccs2)NC=NC1. The molecule has 0 aromatic carbocycles. The molecule has 0 saturated carbocycles. The van der Waals surface area contributed by atoms with Crippen molar-refractivity contribution in [3.8, 4) is 0 Å². The van der Waals surface area contributed by atoms with Crippen LogP contribution < -0.4 is 5.32 Å². The third-order valence-electron chi connectivity index (χ3n) is 1.76. The van der Waals surface area contributed by atoms with Gasteiger partial charge in [0, 0.05) is 11.6 Å². The molecule has 2 N–H and O–H groups in total. The van der Waals surface area contributed by atoms with Crippen LogP contribution in [-0.4, -0.2) is 28.9 Å². The molecule has 0 saturated heterocycles. The number of aromatic nitrogens is 1. The molecule has 2 rings (SSSR count). The fourth-order valence-electron chi connectivity index (χ4n) is 1.13. The van der Waals surface area contributed by atoms with Gasteiger partial charge in [-0.25, -0.2) is 9.78 Å². The Labute approximate surface area is 83.8 Å². The summed E-state index contributed by atoms with van der Waals surface area (Å²) in [7, 11) is 0. The first kappa shape index (κ1) is 8.89. The number of thiazole rings is 1. The Morgan fingerprint density at radius 1 is 1.64 bits per heavy atom. The van der Waals surface area contributed by atoms with Crippen LogP contribution >= 0.6 is 11.3 Å². The number of hydrogen-bond acceptors (Lipinski definition) is 5. The molecule has 2 heterocycles. The Kier molecular flexibility index (Phi) is 2.28. The van der Waals surface area contributed by atoms with Gasteiger partial charge in [0.25, 0.3) is 0 Å². The summed E-state index contributed by atoms with van der Waals surface area (Å²) in [4.78, 5) is 18.8. The highest BCUT2D eigenvalue weighted by molar-refractivity contribution is 7.10. The van der Waals surface area contributed by atoms with Gasteiger partial charge < -0.3 is 10.4 Å². The van der Waals surface area contributed by atoms with Gasteiger partial charge in [-0.2, -0.15) is 0 Å². The van der Waals surface area contributed by atoms with Crippen LogP contribution in [0.25, 0.3) is 5.70 Å². The number of rotatable bonds is 2. The molecule has 6 heteroatoms. The van der Waals surface area contributed by atoms with Gasteiger partial charge in [-0.1, -0.05) is 0 Å². The van der Waals surface area contributed by atoms with Crippen LogP contribution in [0.15, 0.2) is 22.1 Å². The van der Waals surface area contributed by atoms with E-state index in [1.165, 1.54) is 17.7 Å². The summed E-state index contributed by atoms with van der Waals surface area (Å²) in [6.45, 7) is 0.192. The van der Waals surface area contributed by atoms with E-state index in [1.807, 2.05) is 0 Å². The summed E-state index contributed by atoms with van der Waals surface area (Å²) in [5, 5.41) is 14.2. The maximum Gasteiger partial charge on any atom is 0.335 e. The Hall–Kier alpha value is -1.69. The molecule has 0 fully saturated rings. The maximum atomic E-state index is 10.9. The highest BCUT2D eigenvalue weighted by Crippen LogP contribution is 2.20. The van der Waals surface area contributed by atoms with Crippen molar-refractivity contribution < 1.29 is 9.90 Å². The highest BCUT2D eigenvalue weighted by Gasteiger charge is 2.19. The fourth-order valence-corrected chi connectivity index (χ4v) is 1.80. The van der Waals surface area contributed by atoms with Crippen molar-refractivity contribution in [2.75, 3.05) is 6.54 Å². The minimum absolute atomic E-state index is 0.192. The fraction of sp³-hybridized carbons (Fsp3) is 0.125. The molecule has 72 valence electrons. The van der Waals surface area contributed by atoms with Crippen molar-refractivity contribution in [3.05, 3.63) is 22.2 Å². The Bertz CT molecular complexity index is 408. The van der Waals surface area contributed by atoms with E-state index in [0.717, 1.165) is 0 Å². The van der Waals surface area contributed by atoms with Crippen molar-refractivity contribution >= 4 is 29.3 Å². The molecule has 0 aliphatic carbocycles. The standard InChI is InChI=1S/C8H7N3O2S/c12-8(13)5-3-9-4-11-6(5)7-10-1-2-14-7/h1-2,4H,3H2,(H,9,11)(H,12,13). The molecule has 1 aliphatic heterocycles. The Morgan fingerprint density at radius 3 is 3.14 bits per heavy atom. The third-order valence-corrected chi connectivity index (χ3v) is 2.55. The predicted molar refractivity (Wildman–Crippen MR) is 53.2 cm³/mol. The van der Waals surface area contributed by atoms with Crippen molar-refractivity contribution in [1.82, 2.24) is 10.3 Å². The lowest BCUT2D eigenvalue weighted by Crippen LogP contribution is -2.22. The van der Waals surface area contributed by atoms with Gasteiger partial charge in [0.2, 0.25) is 0 Å². The van der Waals surface area contributed by atoms with Gasteiger partial charge in [0.05, 0.1) is 24.2 Å². The van der Waals surface area contributed by atoms with E-state index in [0.29, 0.717) is 10.7 Å². The Balaban J connectivity index is 2.43. The van der Waals surface area contributed by atoms with Gasteiger partial charge >= 0.3 is 5.97 Å². The second-order valence-electron chi connectivity index (χ2n) is 2.61. The molecule has 0 amide bonds. The van der Waals surface area contributed by atoms with E-state index >= 15 is 0 Å². The topological polar surface area (TPSA) is 74.6 Å². The van der Waals surface area contributed by atoms with Crippen molar-refractivity contribution in [3.63, 3.8) is 0 Å². The van der Waals surface area contributed by atoms with Gasteiger partial charge in [-0.15, -0.1) is 11.3 Å². The van der Waals surface area contributed by atoms with Crippen LogP contribution in [0.3, 0.4) is 0 Å². The summed E-state index contributed by atoms with van der Waals surface area (Å²) >= 11 is 1.39.